The van der Waals surface area contributed by atoms with Crippen LogP contribution >= 0.6 is 15.9 Å². The molecular formula is C16H16BrN. The first-order chi connectivity index (χ1) is 8.50. The maximum Gasteiger partial charge on any atom is 0.0746 e. The van der Waals surface area contributed by atoms with Gasteiger partial charge in [-0.05, 0) is 55.2 Å². The summed E-state index contributed by atoms with van der Waals surface area (Å²) in [6.07, 6.45) is 2.09. The summed E-state index contributed by atoms with van der Waals surface area (Å²) < 4.78 is 1.08. The quantitative estimate of drug-likeness (QED) is 0.671. The molecule has 18 heavy (non-hydrogen) atoms. The summed E-state index contributed by atoms with van der Waals surface area (Å²) in [7, 11) is 0. The van der Waals surface area contributed by atoms with Crippen LogP contribution < -0.4 is 0 Å². The van der Waals surface area contributed by atoms with E-state index in [4.69, 9.17) is 4.99 Å². The lowest BCUT2D eigenvalue weighted by Gasteiger charge is -2.18. The number of nitrogens with zero attached hydrogens (tertiary/aromatic N) is 1. The Morgan fingerprint density at radius 2 is 1.78 bits per heavy atom. The number of benzene rings is 1. The van der Waals surface area contributed by atoms with E-state index in [1.807, 2.05) is 18.2 Å². The fourth-order valence-corrected chi connectivity index (χ4v) is 2.40. The zero-order chi connectivity index (χ0) is 13.3. The van der Waals surface area contributed by atoms with E-state index in [1.54, 1.807) is 0 Å². The molecule has 0 aromatic heterocycles. The van der Waals surface area contributed by atoms with Crippen LogP contribution in [0.15, 0.2) is 63.1 Å². The molecular weight excluding hydrogens is 286 g/mol. The molecule has 0 heterocycles. The van der Waals surface area contributed by atoms with Gasteiger partial charge in [-0.3, -0.25) is 0 Å². The molecule has 92 valence electrons. The second kappa shape index (κ2) is 5.07. The molecule has 1 aromatic carbocycles. The van der Waals surface area contributed by atoms with Crippen molar-refractivity contribution in [2.75, 3.05) is 0 Å². The Labute approximate surface area is 117 Å². The molecule has 1 aromatic rings. The minimum absolute atomic E-state index is 0.969. The van der Waals surface area contributed by atoms with Gasteiger partial charge in [0.1, 0.15) is 0 Å². The Bertz CT molecular complexity index is 603. The minimum atomic E-state index is 0.969. The summed E-state index contributed by atoms with van der Waals surface area (Å²) in [5.74, 6) is 0. The Morgan fingerprint density at radius 3 is 2.44 bits per heavy atom. The summed E-state index contributed by atoms with van der Waals surface area (Å²) in [5, 5.41) is 0. The van der Waals surface area contributed by atoms with E-state index in [2.05, 4.69) is 55.4 Å². The lowest BCUT2D eigenvalue weighted by atomic mass is 9.93. The average molecular weight is 302 g/mol. The van der Waals surface area contributed by atoms with Gasteiger partial charge in [-0.1, -0.05) is 40.7 Å². The Kier molecular flexibility index (Phi) is 3.67. The van der Waals surface area contributed by atoms with Crippen molar-refractivity contribution in [1.82, 2.24) is 0 Å². The van der Waals surface area contributed by atoms with Crippen molar-refractivity contribution in [1.29, 1.82) is 0 Å². The highest BCUT2D eigenvalue weighted by atomic mass is 79.9. The zero-order valence-electron chi connectivity index (χ0n) is 10.9. The SMILES string of the molecule is C=C1C(C)=CC(Br)=C(C)/C1=N/c1ccccc1C. The van der Waals surface area contributed by atoms with Crippen LogP contribution in [0.2, 0.25) is 0 Å². The largest absolute Gasteiger partial charge is 0.248 e. The fourth-order valence-electron chi connectivity index (χ4n) is 1.87. The van der Waals surface area contributed by atoms with Gasteiger partial charge < -0.3 is 0 Å². The van der Waals surface area contributed by atoms with Gasteiger partial charge in [0, 0.05) is 4.48 Å². The van der Waals surface area contributed by atoms with Gasteiger partial charge in [0.15, 0.2) is 0 Å². The van der Waals surface area contributed by atoms with E-state index < -0.39 is 0 Å². The van der Waals surface area contributed by atoms with Gasteiger partial charge in [0.25, 0.3) is 0 Å². The van der Waals surface area contributed by atoms with Crippen molar-refractivity contribution < 1.29 is 0 Å². The first-order valence-electron chi connectivity index (χ1n) is 5.89. The first-order valence-corrected chi connectivity index (χ1v) is 6.69. The maximum absolute atomic E-state index is 4.77. The molecule has 2 rings (SSSR count). The number of hydrogen-bond donors (Lipinski definition) is 0. The van der Waals surface area contributed by atoms with E-state index in [0.717, 1.165) is 32.6 Å². The summed E-state index contributed by atoms with van der Waals surface area (Å²) in [5.41, 5.74) is 6.43. The molecule has 0 saturated carbocycles. The number of allylic oxidation sites excluding steroid dienone is 5. The van der Waals surface area contributed by atoms with Gasteiger partial charge >= 0.3 is 0 Å². The number of rotatable bonds is 1. The Hall–Kier alpha value is -1.41. The number of aryl methyl sites for hydroxylation is 1. The van der Waals surface area contributed by atoms with Crippen LogP contribution in [0.1, 0.15) is 19.4 Å². The number of halogens is 1. The smallest absolute Gasteiger partial charge is 0.0746 e. The van der Waals surface area contributed by atoms with E-state index in [1.165, 1.54) is 5.56 Å². The van der Waals surface area contributed by atoms with Crippen LogP contribution in [-0.2, 0) is 0 Å². The third kappa shape index (κ3) is 2.39. The monoisotopic (exact) mass is 301 g/mol. The van der Waals surface area contributed by atoms with Crippen molar-refractivity contribution in [3.05, 3.63) is 63.7 Å². The highest BCUT2D eigenvalue weighted by Gasteiger charge is 2.17. The third-order valence-corrected chi connectivity index (χ3v) is 3.99. The van der Waals surface area contributed by atoms with Gasteiger partial charge in [0.05, 0.1) is 11.4 Å². The summed E-state index contributed by atoms with van der Waals surface area (Å²) in [4.78, 5) is 4.77. The summed E-state index contributed by atoms with van der Waals surface area (Å²) in [6, 6.07) is 8.14. The van der Waals surface area contributed by atoms with Gasteiger partial charge in [-0.15, -0.1) is 0 Å². The van der Waals surface area contributed by atoms with Gasteiger partial charge in [-0.25, -0.2) is 4.99 Å². The predicted molar refractivity (Wildman–Crippen MR) is 82.8 cm³/mol. The van der Waals surface area contributed by atoms with Gasteiger partial charge in [-0.2, -0.15) is 0 Å². The molecule has 0 aliphatic heterocycles. The maximum atomic E-state index is 4.77. The highest BCUT2D eigenvalue weighted by molar-refractivity contribution is 9.12. The second-order valence-electron chi connectivity index (χ2n) is 4.53. The van der Waals surface area contributed by atoms with Crippen molar-refractivity contribution in [2.24, 2.45) is 4.99 Å². The number of para-hydroxylation sites is 1. The minimum Gasteiger partial charge on any atom is -0.248 e. The molecule has 0 spiro atoms. The van der Waals surface area contributed by atoms with Crippen molar-refractivity contribution >= 4 is 27.3 Å². The molecule has 0 unspecified atom stereocenters. The molecule has 1 aliphatic rings. The number of aliphatic imine (C=N–C) groups is 1. The van der Waals surface area contributed by atoms with Crippen LogP contribution in [-0.4, -0.2) is 5.71 Å². The van der Waals surface area contributed by atoms with E-state index >= 15 is 0 Å². The molecule has 0 bridgehead atoms. The molecule has 0 saturated heterocycles. The predicted octanol–water partition coefficient (Wildman–Crippen LogP) is 5.25. The molecule has 1 nitrogen and oxygen atoms in total. The van der Waals surface area contributed by atoms with Crippen molar-refractivity contribution in [3.63, 3.8) is 0 Å². The van der Waals surface area contributed by atoms with Crippen LogP contribution in [0.3, 0.4) is 0 Å². The van der Waals surface area contributed by atoms with E-state index in [9.17, 15) is 0 Å². The van der Waals surface area contributed by atoms with E-state index in [0.29, 0.717) is 0 Å². The van der Waals surface area contributed by atoms with Crippen LogP contribution in [0.5, 0.6) is 0 Å². The molecule has 0 fully saturated rings. The molecule has 0 amide bonds. The lowest BCUT2D eigenvalue weighted by Crippen LogP contribution is -2.10. The summed E-state index contributed by atoms with van der Waals surface area (Å²) >= 11 is 3.58. The molecule has 2 heteroatoms. The third-order valence-electron chi connectivity index (χ3n) is 3.17. The number of hydrogen-bond acceptors (Lipinski definition) is 1. The normalized spacial score (nSPS) is 18.3. The highest BCUT2D eigenvalue weighted by Crippen LogP contribution is 2.31. The lowest BCUT2D eigenvalue weighted by molar-refractivity contribution is 1.34. The topological polar surface area (TPSA) is 12.4 Å². The van der Waals surface area contributed by atoms with Crippen LogP contribution in [0.25, 0.3) is 0 Å². The van der Waals surface area contributed by atoms with E-state index in [-0.39, 0.29) is 0 Å². The van der Waals surface area contributed by atoms with Crippen LogP contribution in [0, 0.1) is 6.92 Å². The fraction of sp³-hybridized carbons (Fsp3) is 0.188. The van der Waals surface area contributed by atoms with Gasteiger partial charge in [0.2, 0.25) is 0 Å². The summed E-state index contributed by atoms with van der Waals surface area (Å²) in [6.45, 7) is 10.3. The average Bonchev–Trinajstić information content (AvgIpc) is 2.34. The second-order valence-corrected chi connectivity index (χ2v) is 5.38. The zero-order valence-corrected chi connectivity index (χ0v) is 12.5. The standard InChI is InChI=1S/C16H16BrN/c1-10-7-5-6-8-15(10)18-16-12(3)11(2)9-14(17)13(16)4/h5-9H,3H2,1-2,4H3/b18-16+. The van der Waals surface area contributed by atoms with Crippen molar-refractivity contribution in [2.45, 2.75) is 20.8 Å². The molecule has 0 radical (unpaired) electrons. The Balaban J connectivity index is 2.55. The van der Waals surface area contributed by atoms with Crippen LogP contribution in [0.4, 0.5) is 5.69 Å². The molecule has 1 aliphatic carbocycles. The van der Waals surface area contributed by atoms with Crippen molar-refractivity contribution in [3.8, 4) is 0 Å². The molecule has 0 N–H and O–H groups in total. The Morgan fingerprint density at radius 1 is 1.11 bits per heavy atom. The molecule has 0 atom stereocenters. The first kappa shape index (κ1) is 13.0.